The number of ether oxygens (including phenoxy) is 1. The maximum Gasteiger partial charge on any atom is 0.316 e. The molecule has 0 bridgehead atoms. The van der Waals surface area contributed by atoms with Gasteiger partial charge in [0.2, 0.25) is 0 Å². The lowest BCUT2D eigenvalue weighted by molar-refractivity contribution is -0.144. The van der Waals surface area contributed by atoms with Gasteiger partial charge in [-0.15, -0.1) is 11.3 Å². The van der Waals surface area contributed by atoms with Crippen LogP contribution < -0.4 is 0 Å². The number of carbonyl (C=O) groups is 1. The van der Waals surface area contributed by atoms with Gasteiger partial charge in [-0.25, -0.2) is 9.97 Å². The lowest BCUT2D eigenvalue weighted by Gasteiger charge is -2.18. The van der Waals surface area contributed by atoms with Crippen LogP contribution in [0.25, 0.3) is 10.2 Å². The summed E-state index contributed by atoms with van der Waals surface area (Å²) >= 11 is 3.24. The van der Waals surface area contributed by atoms with Gasteiger partial charge in [-0.2, -0.15) is 0 Å². The normalized spacial score (nSPS) is 17.7. The van der Waals surface area contributed by atoms with Crippen molar-refractivity contribution in [1.29, 1.82) is 0 Å². The van der Waals surface area contributed by atoms with Crippen LogP contribution in [0.2, 0.25) is 0 Å². The fraction of sp³-hybridized carbons (Fsp3) is 0.562. The molecule has 2 aromatic rings. The molecule has 22 heavy (non-hydrogen) atoms. The lowest BCUT2D eigenvalue weighted by Crippen LogP contribution is -2.13. The van der Waals surface area contributed by atoms with Crippen molar-refractivity contribution in [1.82, 2.24) is 9.97 Å². The Morgan fingerprint density at radius 1 is 1.50 bits per heavy atom. The Labute approximate surface area is 138 Å². The molecular formula is C16H20N2O2S2. The highest BCUT2D eigenvalue weighted by Gasteiger charge is 2.23. The lowest BCUT2D eigenvalue weighted by atomic mass is 9.89. The first-order valence-corrected chi connectivity index (χ1v) is 9.42. The average molecular weight is 336 g/mol. The second-order valence-corrected chi connectivity index (χ2v) is 8.09. The number of nitrogens with zero attached hydrogens (tertiary/aromatic N) is 2. The number of esters is 1. The molecule has 118 valence electrons. The maximum atomic E-state index is 11.7. The van der Waals surface area contributed by atoms with E-state index < -0.39 is 0 Å². The molecule has 0 spiro atoms. The Balaban J connectivity index is 1.85. The number of hydrogen-bond acceptors (Lipinski definition) is 6. The minimum Gasteiger partial charge on any atom is -0.462 e. The fourth-order valence-electron chi connectivity index (χ4n) is 2.78. The third-order valence-corrected chi connectivity index (χ3v) is 5.88. The highest BCUT2D eigenvalue weighted by atomic mass is 32.2. The van der Waals surface area contributed by atoms with Crippen LogP contribution in [0.15, 0.2) is 11.4 Å². The summed E-state index contributed by atoms with van der Waals surface area (Å²) in [7, 11) is 0. The third-order valence-electron chi connectivity index (χ3n) is 3.75. The maximum absolute atomic E-state index is 11.7. The van der Waals surface area contributed by atoms with Crippen molar-refractivity contribution in [2.24, 2.45) is 5.92 Å². The predicted octanol–water partition coefficient (Wildman–Crippen LogP) is 3.86. The third kappa shape index (κ3) is 3.27. The van der Waals surface area contributed by atoms with Crippen LogP contribution >= 0.6 is 23.1 Å². The fourth-order valence-corrected chi connectivity index (χ4v) is 5.00. The number of hydrogen-bond donors (Lipinski definition) is 0. The summed E-state index contributed by atoms with van der Waals surface area (Å²) in [6.45, 7) is 6.03. The Bertz CT molecular complexity index is 697. The molecule has 0 amide bonds. The zero-order chi connectivity index (χ0) is 15.7. The van der Waals surface area contributed by atoms with E-state index in [-0.39, 0.29) is 12.1 Å². The van der Waals surface area contributed by atoms with Crippen LogP contribution in [0.4, 0.5) is 0 Å². The molecule has 0 aliphatic heterocycles. The molecule has 1 atom stereocenters. The van der Waals surface area contributed by atoms with Crippen LogP contribution in [-0.2, 0) is 22.4 Å². The van der Waals surface area contributed by atoms with Crippen molar-refractivity contribution in [3.63, 3.8) is 0 Å². The van der Waals surface area contributed by atoms with Crippen molar-refractivity contribution < 1.29 is 9.53 Å². The quantitative estimate of drug-likeness (QED) is 0.482. The van der Waals surface area contributed by atoms with E-state index in [2.05, 4.69) is 16.9 Å². The molecule has 2 aromatic heterocycles. The van der Waals surface area contributed by atoms with Crippen molar-refractivity contribution in [2.75, 3.05) is 5.75 Å². The van der Waals surface area contributed by atoms with Crippen LogP contribution in [0.1, 0.15) is 37.6 Å². The smallest absolute Gasteiger partial charge is 0.316 e. The van der Waals surface area contributed by atoms with E-state index >= 15 is 0 Å². The summed E-state index contributed by atoms with van der Waals surface area (Å²) in [5.41, 5.74) is 1.40. The van der Waals surface area contributed by atoms with Crippen molar-refractivity contribution in [2.45, 2.75) is 51.2 Å². The predicted molar refractivity (Wildman–Crippen MR) is 90.6 cm³/mol. The minimum absolute atomic E-state index is 0.0751. The molecule has 0 radical (unpaired) electrons. The van der Waals surface area contributed by atoms with Gasteiger partial charge in [0.05, 0.1) is 11.9 Å². The second-order valence-electron chi connectivity index (χ2n) is 6.04. The second kappa shape index (κ2) is 6.54. The molecule has 1 aliphatic rings. The summed E-state index contributed by atoms with van der Waals surface area (Å²) in [4.78, 5) is 23.1. The van der Waals surface area contributed by atoms with E-state index in [0.29, 0.717) is 5.75 Å². The minimum atomic E-state index is -0.190. The molecule has 0 saturated carbocycles. The first kappa shape index (κ1) is 15.7. The van der Waals surface area contributed by atoms with E-state index in [9.17, 15) is 4.79 Å². The number of rotatable bonds is 4. The first-order chi connectivity index (χ1) is 10.5. The van der Waals surface area contributed by atoms with Gasteiger partial charge in [0, 0.05) is 10.3 Å². The van der Waals surface area contributed by atoms with Crippen LogP contribution in [-0.4, -0.2) is 27.8 Å². The molecule has 3 rings (SSSR count). The monoisotopic (exact) mass is 336 g/mol. The van der Waals surface area contributed by atoms with E-state index in [1.807, 2.05) is 13.8 Å². The van der Waals surface area contributed by atoms with Gasteiger partial charge in [-0.05, 0) is 44.6 Å². The van der Waals surface area contributed by atoms with E-state index in [1.165, 1.54) is 28.6 Å². The summed E-state index contributed by atoms with van der Waals surface area (Å²) in [6.07, 6.45) is 4.97. The van der Waals surface area contributed by atoms with Gasteiger partial charge < -0.3 is 4.74 Å². The number of aromatic nitrogens is 2. The Hall–Kier alpha value is -1.14. The topological polar surface area (TPSA) is 52.1 Å². The van der Waals surface area contributed by atoms with E-state index in [4.69, 9.17) is 4.74 Å². The van der Waals surface area contributed by atoms with Crippen molar-refractivity contribution in [3.05, 3.63) is 16.8 Å². The van der Waals surface area contributed by atoms with E-state index in [0.717, 1.165) is 34.0 Å². The number of aryl methyl sites for hydroxylation is 1. The van der Waals surface area contributed by atoms with Crippen LogP contribution in [0, 0.1) is 5.92 Å². The summed E-state index contributed by atoms with van der Waals surface area (Å²) < 4.78 is 5.19. The van der Waals surface area contributed by atoms with Gasteiger partial charge in [-0.1, -0.05) is 18.7 Å². The molecule has 6 heteroatoms. The van der Waals surface area contributed by atoms with Crippen LogP contribution in [0.5, 0.6) is 0 Å². The number of thiophene rings is 1. The number of fused-ring (bicyclic) bond motifs is 3. The number of carbonyl (C=O) groups excluding carboxylic acids is 1. The van der Waals surface area contributed by atoms with E-state index in [1.54, 1.807) is 17.7 Å². The Morgan fingerprint density at radius 2 is 2.32 bits per heavy atom. The van der Waals surface area contributed by atoms with Gasteiger partial charge in [0.15, 0.2) is 0 Å². The molecule has 2 heterocycles. The van der Waals surface area contributed by atoms with Gasteiger partial charge in [0.25, 0.3) is 0 Å². The molecule has 0 aromatic carbocycles. The Kier molecular flexibility index (Phi) is 4.68. The molecule has 0 fully saturated rings. The SMILES string of the molecule is CC(C)OC(=O)CSc1ncnc2sc3c(c12)CC[C@@H](C)C3. The van der Waals surface area contributed by atoms with Gasteiger partial charge in [-0.3, -0.25) is 4.79 Å². The molecule has 4 nitrogen and oxygen atoms in total. The molecule has 0 unspecified atom stereocenters. The van der Waals surface area contributed by atoms with Crippen molar-refractivity contribution in [3.8, 4) is 0 Å². The number of thioether (sulfide) groups is 1. The summed E-state index contributed by atoms with van der Waals surface area (Å²) in [5, 5.41) is 2.08. The zero-order valence-corrected chi connectivity index (χ0v) is 14.7. The summed E-state index contributed by atoms with van der Waals surface area (Å²) in [6, 6.07) is 0. The molecule has 0 N–H and O–H groups in total. The zero-order valence-electron chi connectivity index (χ0n) is 13.1. The van der Waals surface area contributed by atoms with Gasteiger partial charge in [0.1, 0.15) is 16.2 Å². The first-order valence-electron chi connectivity index (χ1n) is 7.62. The largest absolute Gasteiger partial charge is 0.462 e. The standard InChI is InChI=1S/C16H20N2O2S2/c1-9(2)20-13(19)7-21-15-14-11-5-4-10(3)6-12(11)22-16(14)18-8-17-15/h8-10H,4-7H2,1-3H3/t10-/m1/s1. The highest BCUT2D eigenvalue weighted by molar-refractivity contribution is 8.00. The Morgan fingerprint density at radius 3 is 3.09 bits per heavy atom. The van der Waals surface area contributed by atoms with Crippen molar-refractivity contribution >= 4 is 39.3 Å². The molecular weight excluding hydrogens is 316 g/mol. The summed E-state index contributed by atoms with van der Waals surface area (Å²) in [5.74, 6) is 0.848. The molecule has 1 aliphatic carbocycles. The van der Waals surface area contributed by atoms with Gasteiger partial charge >= 0.3 is 5.97 Å². The molecule has 0 saturated heterocycles. The highest BCUT2D eigenvalue weighted by Crippen LogP contribution is 2.40. The average Bonchev–Trinajstić information content (AvgIpc) is 2.82. The van der Waals surface area contributed by atoms with Crippen LogP contribution in [0.3, 0.4) is 0 Å².